The lowest BCUT2D eigenvalue weighted by Gasteiger charge is -2.09. The predicted octanol–water partition coefficient (Wildman–Crippen LogP) is 3.98. The standard InChI is InChI=1S/C23H22N2O5/c1-27-17-5-6-18-15(12-17)11-16-13-21(30-23(16)25-18)22(26)24-9-8-14-4-7-19(28-2)20(10-14)29-3/h4-7,10-13H,8-9H2,1-3H3,(H,24,26). The molecular weight excluding hydrogens is 384 g/mol. The average molecular weight is 406 g/mol. The number of benzene rings is 2. The van der Waals surface area contributed by atoms with Gasteiger partial charge < -0.3 is 23.9 Å². The summed E-state index contributed by atoms with van der Waals surface area (Å²) in [6.07, 6.45) is 0.647. The van der Waals surface area contributed by atoms with Crippen molar-refractivity contribution < 1.29 is 23.4 Å². The van der Waals surface area contributed by atoms with Crippen molar-refractivity contribution in [1.29, 1.82) is 0 Å². The first-order chi connectivity index (χ1) is 14.6. The summed E-state index contributed by atoms with van der Waals surface area (Å²) in [7, 11) is 4.81. The summed E-state index contributed by atoms with van der Waals surface area (Å²) < 4.78 is 21.5. The van der Waals surface area contributed by atoms with Crippen LogP contribution in [0.15, 0.2) is 52.9 Å². The van der Waals surface area contributed by atoms with Gasteiger partial charge in [-0.25, -0.2) is 4.98 Å². The third-order valence-corrected chi connectivity index (χ3v) is 4.88. The molecule has 7 nitrogen and oxygen atoms in total. The highest BCUT2D eigenvalue weighted by Gasteiger charge is 2.14. The lowest BCUT2D eigenvalue weighted by molar-refractivity contribution is 0.0928. The molecule has 0 aliphatic heterocycles. The van der Waals surface area contributed by atoms with Gasteiger partial charge >= 0.3 is 0 Å². The van der Waals surface area contributed by atoms with Crippen molar-refractivity contribution in [3.05, 3.63) is 59.9 Å². The fourth-order valence-corrected chi connectivity index (χ4v) is 3.30. The minimum absolute atomic E-state index is 0.229. The summed E-state index contributed by atoms with van der Waals surface area (Å²) in [5.74, 6) is 2.03. The number of ether oxygens (including phenoxy) is 3. The Bertz CT molecular complexity index is 1220. The fourth-order valence-electron chi connectivity index (χ4n) is 3.30. The van der Waals surface area contributed by atoms with Crippen LogP contribution in [0.2, 0.25) is 0 Å². The van der Waals surface area contributed by atoms with Crippen LogP contribution in [0.4, 0.5) is 0 Å². The van der Waals surface area contributed by atoms with Crippen LogP contribution in [0.5, 0.6) is 17.2 Å². The van der Waals surface area contributed by atoms with E-state index >= 15 is 0 Å². The lowest BCUT2D eigenvalue weighted by atomic mass is 10.1. The number of pyridine rings is 1. The molecule has 1 amide bonds. The number of carbonyl (C=O) groups is 1. The van der Waals surface area contributed by atoms with Crippen molar-refractivity contribution in [2.24, 2.45) is 0 Å². The maximum Gasteiger partial charge on any atom is 0.287 e. The van der Waals surface area contributed by atoms with Crippen molar-refractivity contribution in [2.75, 3.05) is 27.9 Å². The van der Waals surface area contributed by atoms with Crippen molar-refractivity contribution >= 4 is 27.9 Å². The zero-order valence-electron chi connectivity index (χ0n) is 17.0. The molecule has 0 saturated heterocycles. The highest BCUT2D eigenvalue weighted by Crippen LogP contribution is 2.28. The van der Waals surface area contributed by atoms with E-state index in [1.807, 2.05) is 42.5 Å². The van der Waals surface area contributed by atoms with Gasteiger partial charge in [0.15, 0.2) is 17.3 Å². The van der Waals surface area contributed by atoms with Gasteiger partial charge in [0.25, 0.3) is 5.91 Å². The Labute approximate surface area is 173 Å². The maximum atomic E-state index is 12.5. The Morgan fingerprint density at radius 1 is 0.933 bits per heavy atom. The van der Waals surface area contributed by atoms with E-state index in [9.17, 15) is 4.79 Å². The molecular formula is C23H22N2O5. The Hall–Kier alpha value is -3.74. The minimum Gasteiger partial charge on any atom is -0.497 e. The Morgan fingerprint density at radius 2 is 1.77 bits per heavy atom. The Morgan fingerprint density at radius 3 is 2.53 bits per heavy atom. The highest BCUT2D eigenvalue weighted by atomic mass is 16.5. The topological polar surface area (TPSA) is 82.8 Å². The van der Waals surface area contributed by atoms with Crippen molar-refractivity contribution in [3.63, 3.8) is 0 Å². The number of amides is 1. The van der Waals surface area contributed by atoms with Gasteiger partial charge in [-0.2, -0.15) is 0 Å². The normalized spacial score (nSPS) is 10.9. The molecule has 0 aliphatic carbocycles. The first kappa shape index (κ1) is 19.6. The van der Waals surface area contributed by atoms with Gasteiger partial charge in [-0.1, -0.05) is 6.07 Å². The van der Waals surface area contributed by atoms with Crippen molar-refractivity contribution in [2.45, 2.75) is 6.42 Å². The number of carbonyl (C=O) groups excluding carboxylic acids is 1. The monoisotopic (exact) mass is 406 g/mol. The summed E-state index contributed by atoms with van der Waals surface area (Å²) in [6, 6.07) is 14.9. The molecule has 0 bridgehead atoms. The van der Waals surface area contributed by atoms with E-state index in [4.69, 9.17) is 18.6 Å². The number of nitrogens with one attached hydrogen (secondary N) is 1. The number of furan rings is 1. The van der Waals surface area contributed by atoms with Gasteiger partial charge in [-0.15, -0.1) is 0 Å². The van der Waals surface area contributed by atoms with Gasteiger partial charge in [0, 0.05) is 17.3 Å². The van der Waals surface area contributed by atoms with E-state index in [1.54, 1.807) is 27.4 Å². The van der Waals surface area contributed by atoms with Crippen molar-refractivity contribution in [1.82, 2.24) is 10.3 Å². The number of rotatable bonds is 7. The fraction of sp³-hybridized carbons (Fsp3) is 0.217. The van der Waals surface area contributed by atoms with E-state index in [-0.39, 0.29) is 11.7 Å². The second-order valence-corrected chi connectivity index (χ2v) is 6.75. The van der Waals surface area contributed by atoms with Crippen LogP contribution < -0.4 is 19.5 Å². The lowest BCUT2D eigenvalue weighted by Crippen LogP contribution is -2.25. The third kappa shape index (κ3) is 3.87. The number of hydrogen-bond acceptors (Lipinski definition) is 6. The second kappa shape index (κ2) is 8.32. The van der Waals surface area contributed by atoms with Gasteiger partial charge in [0.2, 0.25) is 5.71 Å². The molecule has 30 heavy (non-hydrogen) atoms. The summed E-state index contributed by atoms with van der Waals surface area (Å²) in [6.45, 7) is 0.456. The average Bonchev–Trinajstić information content (AvgIpc) is 3.19. The van der Waals surface area contributed by atoms with Gasteiger partial charge in [0.1, 0.15) is 5.75 Å². The van der Waals surface area contributed by atoms with E-state index in [1.165, 1.54) is 0 Å². The second-order valence-electron chi connectivity index (χ2n) is 6.75. The summed E-state index contributed by atoms with van der Waals surface area (Å²) in [5.41, 5.74) is 2.23. The zero-order valence-corrected chi connectivity index (χ0v) is 17.0. The molecule has 1 N–H and O–H groups in total. The first-order valence-electron chi connectivity index (χ1n) is 9.48. The van der Waals surface area contributed by atoms with E-state index in [0.717, 1.165) is 27.6 Å². The molecule has 7 heteroatoms. The molecule has 0 unspecified atom stereocenters. The molecule has 2 heterocycles. The predicted molar refractivity (Wildman–Crippen MR) is 114 cm³/mol. The molecule has 2 aromatic heterocycles. The quantitative estimate of drug-likeness (QED) is 0.500. The summed E-state index contributed by atoms with van der Waals surface area (Å²) in [5, 5.41) is 4.57. The van der Waals surface area contributed by atoms with Gasteiger partial charge in [-0.3, -0.25) is 4.79 Å². The minimum atomic E-state index is -0.282. The highest BCUT2D eigenvalue weighted by molar-refractivity contribution is 5.98. The zero-order chi connectivity index (χ0) is 21.1. The SMILES string of the molecule is COc1ccc2nc3oc(C(=O)NCCc4ccc(OC)c(OC)c4)cc3cc2c1. The van der Waals surface area contributed by atoms with Gasteiger partial charge in [-0.05, 0) is 54.4 Å². The van der Waals surface area contributed by atoms with Gasteiger partial charge in [0.05, 0.1) is 26.8 Å². The first-order valence-corrected chi connectivity index (χ1v) is 9.48. The number of hydrogen-bond donors (Lipinski definition) is 1. The smallest absolute Gasteiger partial charge is 0.287 e. The Kier molecular flexibility index (Phi) is 5.43. The van der Waals surface area contributed by atoms with E-state index in [0.29, 0.717) is 30.2 Å². The molecule has 154 valence electrons. The van der Waals surface area contributed by atoms with E-state index in [2.05, 4.69) is 10.3 Å². The molecule has 0 saturated carbocycles. The van der Waals surface area contributed by atoms with Crippen LogP contribution in [0, 0.1) is 0 Å². The van der Waals surface area contributed by atoms with Crippen LogP contribution in [-0.2, 0) is 6.42 Å². The number of fused-ring (bicyclic) bond motifs is 2. The number of aromatic nitrogens is 1. The molecule has 0 fully saturated rings. The molecule has 0 radical (unpaired) electrons. The molecule has 0 spiro atoms. The number of methoxy groups -OCH3 is 3. The van der Waals surface area contributed by atoms with Crippen LogP contribution in [0.3, 0.4) is 0 Å². The van der Waals surface area contributed by atoms with Crippen molar-refractivity contribution in [3.8, 4) is 17.2 Å². The van der Waals surface area contributed by atoms with Crippen LogP contribution in [0.25, 0.3) is 22.0 Å². The number of nitrogens with zero attached hydrogens (tertiary/aromatic N) is 1. The molecule has 0 aliphatic rings. The van der Waals surface area contributed by atoms with E-state index < -0.39 is 0 Å². The van der Waals surface area contributed by atoms with Crippen LogP contribution >= 0.6 is 0 Å². The third-order valence-electron chi connectivity index (χ3n) is 4.88. The summed E-state index contributed by atoms with van der Waals surface area (Å²) in [4.78, 5) is 17.0. The van der Waals surface area contributed by atoms with Crippen LogP contribution in [0.1, 0.15) is 16.1 Å². The molecule has 4 rings (SSSR count). The molecule has 0 atom stereocenters. The largest absolute Gasteiger partial charge is 0.497 e. The van der Waals surface area contributed by atoms with Crippen LogP contribution in [-0.4, -0.2) is 38.8 Å². The maximum absolute atomic E-state index is 12.5. The molecule has 2 aromatic carbocycles. The Balaban J connectivity index is 1.46. The molecule has 4 aromatic rings. The summed E-state index contributed by atoms with van der Waals surface area (Å²) >= 11 is 0.